The maximum atomic E-state index is 12.0. The molecule has 0 bridgehead atoms. The molecule has 2 unspecified atom stereocenters. The van der Waals surface area contributed by atoms with Gasteiger partial charge in [-0.25, -0.2) is 13.4 Å². The highest BCUT2D eigenvalue weighted by Gasteiger charge is 2.33. The second kappa shape index (κ2) is 6.05. The first kappa shape index (κ1) is 14.5. The minimum atomic E-state index is -3.06. The summed E-state index contributed by atoms with van der Waals surface area (Å²) in [5.41, 5.74) is 0. The number of sulfone groups is 1. The predicted molar refractivity (Wildman–Crippen MR) is 73.6 cm³/mol. The molecule has 0 aromatic carbocycles. The summed E-state index contributed by atoms with van der Waals surface area (Å²) in [6.07, 6.45) is 4.95. The summed E-state index contributed by atoms with van der Waals surface area (Å²) >= 11 is 0. The lowest BCUT2D eigenvalue weighted by molar-refractivity contribution is 0.384. The van der Waals surface area contributed by atoms with Crippen molar-refractivity contribution in [1.82, 2.24) is 10.3 Å². The molecule has 1 saturated heterocycles. The maximum Gasteiger partial charge on any atom is 0.211 e. The van der Waals surface area contributed by atoms with E-state index >= 15 is 0 Å². The zero-order valence-corrected chi connectivity index (χ0v) is 12.4. The fourth-order valence-corrected chi connectivity index (χ4v) is 4.25. The number of oxazole rings is 1. The Morgan fingerprint density at radius 1 is 1.53 bits per heavy atom. The van der Waals surface area contributed by atoms with Crippen LogP contribution in [0.3, 0.4) is 0 Å². The van der Waals surface area contributed by atoms with Gasteiger partial charge in [-0.15, -0.1) is 0 Å². The van der Waals surface area contributed by atoms with Gasteiger partial charge in [0.2, 0.25) is 5.89 Å². The van der Waals surface area contributed by atoms with Crippen LogP contribution in [0, 0.1) is 0 Å². The lowest BCUT2D eigenvalue weighted by Gasteiger charge is -2.19. The molecule has 0 radical (unpaired) electrons. The van der Waals surface area contributed by atoms with Crippen molar-refractivity contribution in [3.8, 4) is 0 Å². The van der Waals surface area contributed by atoms with Crippen LogP contribution in [-0.2, 0) is 9.84 Å². The highest BCUT2D eigenvalue weighted by Crippen LogP contribution is 2.34. The predicted octanol–water partition coefficient (Wildman–Crippen LogP) is 2.38. The summed E-state index contributed by atoms with van der Waals surface area (Å²) < 4.78 is 29.7. The molecular weight excluding hydrogens is 264 g/mol. The van der Waals surface area contributed by atoms with Crippen molar-refractivity contribution < 1.29 is 12.8 Å². The van der Waals surface area contributed by atoms with Gasteiger partial charge < -0.3 is 9.73 Å². The maximum absolute atomic E-state index is 12.0. The minimum absolute atomic E-state index is 0.0139. The summed E-state index contributed by atoms with van der Waals surface area (Å²) in [5, 5.41) is 2.78. The van der Waals surface area contributed by atoms with Gasteiger partial charge in [-0.05, 0) is 32.7 Å². The standard InChI is InChI=1S/C13H22N2O3S/c1-3-7-14-10(2)13-15-9-11(18-13)12-6-4-5-8-19(12,16)17/h9-10,12,14H,3-8H2,1-2H3. The van der Waals surface area contributed by atoms with E-state index in [1.54, 1.807) is 6.20 Å². The molecule has 2 rings (SSSR count). The van der Waals surface area contributed by atoms with Crippen LogP contribution in [0.5, 0.6) is 0 Å². The van der Waals surface area contributed by atoms with Crippen molar-refractivity contribution in [3.63, 3.8) is 0 Å². The molecule has 1 aromatic rings. The summed E-state index contributed by atoms with van der Waals surface area (Å²) in [6, 6.07) is 0.0139. The third-order valence-electron chi connectivity index (χ3n) is 3.51. The van der Waals surface area contributed by atoms with Gasteiger partial charge in [0.1, 0.15) is 11.0 Å². The fourth-order valence-electron chi connectivity index (χ4n) is 2.37. The molecule has 1 aliphatic heterocycles. The molecule has 5 nitrogen and oxygen atoms in total. The van der Waals surface area contributed by atoms with Crippen LogP contribution in [0.15, 0.2) is 10.6 Å². The number of nitrogens with one attached hydrogen (secondary N) is 1. The second-order valence-corrected chi connectivity index (χ2v) is 7.43. The molecule has 0 aliphatic carbocycles. The van der Waals surface area contributed by atoms with Crippen molar-refractivity contribution in [2.24, 2.45) is 0 Å². The molecule has 1 aliphatic rings. The number of rotatable bonds is 5. The quantitative estimate of drug-likeness (QED) is 0.899. The lowest BCUT2D eigenvalue weighted by atomic mass is 10.1. The number of hydrogen-bond acceptors (Lipinski definition) is 5. The summed E-state index contributed by atoms with van der Waals surface area (Å²) in [6.45, 7) is 4.95. The van der Waals surface area contributed by atoms with E-state index in [0.29, 0.717) is 18.1 Å². The molecule has 19 heavy (non-hydrogen) atoms. The van der Waals surface area contributed by atoms with Crippen molar-refractivity contribution >= 4 is 9.84 Å². The molecule has 1 N–H and O–H groups in total. The van der Waals surface area contributed by atoms with Crippen molar-refractivity contribution in [3.05, 3.63) is 17.8 Å². The minimum Gasteiger partial charge on any atom is -0.443 e. The van der Waals surface area contributed by atoms with E-state index in [9.17, 15) is 8.42 Å². The highest BCUT2D eigenvalue weighted by molar-refractivity contribution is 7.91. The number of hydrogen-bond donors (Lipinski definition) is 1. The Bertz CT molecular complexity index is 510. The normalized spacial score (nSPS) is 24.2. The van der Waals surface area contributed by atoms with E-state index in [4.69, 9.17) is 4.42 Å². The first-order valence-electron chi connectivity index (χ1n) is 6.95. The van der Waals surface area contributed by atoms with Gasteiger partial charge in [0.15, 0.2) is 9.84 Å². The number of nitrogens with zero attached hydrogens (tertiary/aromatic N) is 1. The zero-order chi connectivity index (χ0) is 13.9. The van der Waals surface area contributed by atoms with E-state index in [0.717, 1.165) is 25.8 Å². The van der Waals surface area contributed by atoms with E-state index in [1.165, 1.54) is 0 Å². The summed E-state index contributed by atoms with van der Waals surface area (Å²) in [4.78, 5) is 4.22. The van der Waals surface area contributed by atoms with Crippen LogP contribution in [0.25, 0.3) is 0 Å². The third-order valence-corrected chi connectivity index (χ3v) is 5.70. The van der Waals surface area contributed by atoms with Crippen LogP contribution in [-0.4, -0.2) is 25.7 Å². The van der Waals surface area contributed by atoms with Crippen LogP contribution < -0.4 is 5.32 Å². The monoisotopic (exact) mass is 286 g/mol. The van der Waals surface area contributed by atoms with Gasteiger partial charge in [0.25, 0.3) is 0 Å². The second-order valence-electron chi connectivity index (χ2n) is 5.13. The van der Waals surface area contributed by atoms with Gasteiger partial charge in [-0.1, -0.05) is 13.3 Å². The summed E-state index contributed by atoms with van der Waals surface area (Å²) in [5.74, 6) is 1.33. The Hall–Kier alpha value is -0.880. The van der Waals surface area contributed by atoms with E-state index in [-0.39, 0.29) is 11.8 Å². The zero-order valence-electron chi connectivity index (χ0n) is 11.6. The van der Waals surface area contributed by atoms with E-state index in [2.05, 4.69) is 17.2 Å². The average Bonchev–Trinajstić information content (AvgIpc) is 2.84. The number of aromatic nitrogens is 1. The third kappa shape index (κ3) is 3.36. The van der Waals surface area contributed by atoms with Crippen molar-refractivity contribution in [1.29, 1.82) is 0 Å². The first-order chi connectivity index (χ1) is 9.04. The molecule has 6 heteroatoms. The average molecular weight is 286 g/mol. The molecular formula is C13H22N2O3S. The van der Waals surface area contributed by atoms with Crippen LogP contribution >= 0.6 is 0 Å². The van der Waals surface area contributed by atoms with Crippen molar-refractivity contribution in [2.45, 2.75) is 50.8 Å². The molecule has 0 amide bonds. The molecule has 2 atom stereocenters. The Morgan fingerprint density at radius 2 is 2.32 bits per heavy atom. The molecule has 1 aromatic heterocycles. The Kier molecular flexibility index (Phi) is 4.62. The van der Waals surface area contributed by atoms with Gasteiger partial charge in [-0.2, -0.15) is 0 Å². The van der Waals surface area contributed by atoms with Gasteiger partial charge in [-0.3, -0.25) is 0 Å². The molecule has 0 saturated carbocycles. The van der Waals surface area contributed by atoms with E-state index < -0.39 is 15.1 Å². The van der Waals surface area contributed by atoms with E-state index in [1.807, 2.05) is 6.92 Å². The van der Waals surface area contributed by atoms with Crippen LogP contribution in [0.4, 0.5) is 0 Å². The largest absolute Gasteiger partial charge is 0.443 e. The first-order valence-corrected chi connectivity index (χ1v) is 8.66. The fraction of sp³-hybridized carbons (Fsp3) is 0.769. The highest BCUT2D eigenvalue weighted by atomic mass is 32.2. The summed E-state index contributed by atoms with van der Waals surface area (Å²) in [7, 11) is -3.06. The topological polar surface area (TPSA) is 72.2 Å². The SMILES string of the molecule is CCCNC(C)c1ncc(C2CCCCS2(=O)=O)o1. The van der Waals surface area contributed by atoms with Crippen LogP contribution in [0.1, 0.15) is 62.5 Å². The van der Waals surface area contributed by atoms with Crippen molar-refractivity contribution in [2.75, 3.05) is 12.3 Å². The molecule has 0 spiro atoms. The van der Waals surface area contributed by atoms with Crippen LogP contribution in [0.2, 0.25) is 0 Å². The van der Waals surface area contributed by atoms with Gasteiger partial charge in [0, 0.05) is 0 Å². The Balaban J connectivity index is 2.12. The molecule has 2 heterocycles. The van der Waals surface area contributed by atoms with Gasteiger partial charge in [0.05, 0.1) is 18.0 Å². The lowest BCUT2D eigenvalue weighted by Crippen LogP contribution is -2.21. The Labute approximate surface area is 114 Å². The smallest absolute Gasteiger partial charge is 0.211 e. The molecule has 108 valence electrons. The van der Waals surface area contributed by atoms with Gasteiger partial charge >= 0.3 is 0 Å². The molecule has 1 fully saturated rings. The Morgan fingerprint density at radius 3 is 3.00 bits per heavy atom.